The van der Waals surface area contributed by atoms with E-state index in [-0.39, 0.29) is 11.6 Å². The number of nitrogens with zero attached hydrogens (tertiary/aromatic N) is 3. The molecule has 0 aliphatic carbocycles. The van der Waals surface area contributed by atoms with Crippen LogP contribution in [0, 0.1) is 11.6 Å². The molecule has 3 rings (SSSR count). The van der Waals surface area contributed by atoms with Crippen molar-refractivity contribution >= 4 is 28.1 Å². The average molecular weight is 380 g/mol. The monoisotopic (exact) mass is 380 g/mol. The molecule has 0 saturated carbocycles. The van der Waals surface area contributed by atoms with Crippen LogP contribution < -0.4 is 10.2 Å². The summed E-state index contributed by atoms with van der Waals surface area (Å²) >= 11 is 1.47. The predicted molar refractivity (Wildman–Crippen MR) is 100 cm³/mol. The summed E-state index contributed by atoms with van der Waals surface area (Å²) in [4.78, 5) is 22.4. The number of piperazine rings is 1. The number of benzene rings is 1. The van der Waals surface area contributed by atoms with Crippen LogP contribution in [0.25, 0.3) is 0 Å². The number of likely N-dealkylation sites (N-methyl/N-ethyl adjacent to an activating group) is 1. The molecule has 5 nitrogen and oxygen atoms in total. The van der Waals surface area contributed by atoms with E-state index < -0.39 is 23.2 Å². The number of rotatable bonds is 4. The lowest BCUT2D eigenvalue weighted by atomic mass is 10.1. The Kier molecular flexibility index (Phi) is 5.52. The van der Waals surface area contributed by atoms with Crippen molar-refractivity contribution in [2.45, 2.75) is 19.8 Å². The summed E-state index contributed by atoms with van der Waals surface area (Å²) in [5, 5.41) is 3.12. The van der Waals surface area contributed by atoms with E-state index in [2.05, 4.69) is 27.1 Å². The highest BCUT2D eigenvalue weighted by atomic mass is 32.1. The minimum Gasteiger partial charge on any atom is -0.346 e. The molecule has 140 valence electrons. The summed E-state index contributed by atoms with van der Waals surface area (Å²) in [5.74, 6) is -2.12. The Labute approximate surface area is 155 Å². The van der Waals surface area contributed by atoms with Crippen LogP contribution >= 0.6 is 11.3 Å². The van der Waals surface area contributed by atoms with Crippen molar-refractivity contribution < 1.29 is 13.6 Å². The van der Waals surface area contributed by atoms with Gasteiger partial charge >= 0.3 is 0 Å². The highest BCUT2D eigenvalue weighted by Crippen LogP contribution is 2.33. The number of hydrogen-bond acceptors (Lipinski definition) is 5. The first kappa shape index (κ1) is 18.7. The lowest BCUT2D eigenvalue weighted by Crippen LogP contribution is -2.44. The molecule has 1 aliphatic rings. The maximum atomic E-state index is 13.8. The second kappa shape index (κ2) is 7.67. The van der Waals surface area contributed by atoms with Crippen LogP contribution in [0.1, 0.15) is 35.1 Å². The first-order valence-corrected chi connectivity index (χ1v) is 9.38. The molecule has 0 atom stereocenters. The second-order valence-corrected chi connectivity index (χ2v) is 7.71. The van der Waals surface area contributed by atoms with E-state index in [0.717, 1.165) is 48.3 Å². The average Bonchev–Trinajstić information content (AvgIpc) is 3.04. The van der Waals surface area contributed by atoms with E-state index >= 15 is 0 Å². The Morgan fingerprint density at radius 1 is 1.19 bits per heavy atom. The van der Waals surface area contributed by atoms with Crippen LogP contribution in [0.5, 0.6) is 0 Å². The second-order valence-electron chi connectivity index (χ2n) is 6.71. The van der Waals surface area contributed by atoms with Crippen LogP contribution in [-0.2, 0) is 0 Å². The molecule has 2 aromatic rings. The molecule has 1 saturated heterocycles. The van der Waals surface area contributed by atoms with Crippen molar-refractivity contribution in [2.24, 2.45) is 0 Å². The van der Waals surface area contributed by atoms with Gasteiger partial charge in [0.05, 0.1) is 0 Å². The van der Waals surface area contributed by atoms with Crippen molar-refractivity contribution in [3.8, 4) is 0 Å². The summed E-state index contributed by atoms with van der Waals surface area (Å²) in [7, 11) is 2.07. The number of nitrogens with one attached hydrogen (secondary N) is 1. The molecule has 26 heavy (non-hydrogen) atoms. The van der Waals surface area contributed by atoms with E-state index in [1.807, 2.05) is 13.8 Å². The molecule has 2 heterocycles. The smallest absolute Gasteiger partial charge is 0.275 e. The molecule has 1 fully saturated rings. The first-order valence-electron chi connectivity index (χ1n) is 8.56. The van der Waals surface area contributed by atoms with E-state index in [1.54, 1.807) is 0 Å². The Bertz CT molecular complexity index is 780. The summed E-state index contributed by atoms with van der Waals surface area (Å²) in [6, 6.07) is 3.48. The van der Waals surface area contributed by atoms with Gasteiger partial charge in [-0.3, -0.25) is 4.79 Å². The maximum absolute atomic E-state index is 13.8. The predicted octanol–water partition coefficient (Wildman–Crippen LogP) is 3.55. The quantitative estimate of drug-likeness (QED) is 0.881. The zero-order valence-corrected chi connectivity index (χ0v) is 15.9. The van der Waals surface area contributed by atoms with Gasteiger partial charge in [0.15, 0.2) is 5.13 Å². The standard InChI is InChI=1S/C18H22F2N4OS/c1-11(2)16-15(17(25)21-14-12(19)5-4-6-13(14)20)22-18(26-16)24-9-7-23(3)8-10-24/h4-6,11H,7-10H2,1-3H3,(H,21,25). The van der Waals surface area contributed by atoms with E-state index in [9.17, 15) is 13.6 Å². The lowest BCUT2D eigenvalue weighted by molar-refractivity contribution is 0.102. The number of halogens is 2. The highest BCUT2D eigenvalue weighted by molar-refractivity contribution is 7.16. The Balaban J connectivity index is 1.87. The van der Waals surface area contributed by atoms with Crippen molar-refractivity contribution in [3.63, 3.8) is 0 Å². The minimum absolute atomic E-state index is 0.0833. The molecule has 1 N–H and O–H groups in total. The molecule has 8 heteroatoms. The summed E-state index contributed by atoms with van der Waals surface area (Å²) in [5.41, 5.74) is -0.206. The van der Waals surface area contributed by atoms with Crippen LogP contribution in [-0.4, -0.2) is 49.0 Å². The van der Waals surface area contributed by atoms with Crippen molar-refractivity contribution in [1.82, 2.24) is 9.88 Å². The third-order valence-electron chi connectivity index (χ3n) is 4.36. The Morgan fingerprint density at radius 2 is 1.81 bits per heavy atom. The fraction of sp³-hybridized carbons (Fsp3) is 0.444. The number of thiazole rings is 1. The molecule has 1 aromatic heterocycles. The Morgan fingerprint density at radius 3 is 2.38 bits per heavy atom. The van der Waals surface area contributed by atoms with Crippen LogP contribution in [0.2, 0.25) is 0 Å². The van der Waals surface area contributed by atoms with Gasteiger partial charge in [-0.05, 0) is 25.1 Å². The molecular weight excluding hydrogens is 358 g/mol. The molecule has 0 radical (unpaired) electrons. The van der Waals surface area contributed by atoms with Gasteiger partial charge in [-0.15, -0.1) is 11.3 Å². The van der Waals surface area contributed by atoms with Gasteiger partial charge < -0.3 is 15.1 Å². The largest absolute Gasteiger partial charge is 0.346 e. The van der Waals surface area contributed by atoms with Crippen LogP contribution in [0.4, 0.5) is 19.6 Å². The third kappa shape index (κ3) is 3.86. The maximum Gasteiger partial charge on any atom is 0.275 e. The molecule has 1 aliphatic heterocycles. The van der Waals surface area contributed by atoms with Gasteiger partial charge in [-0.1, -0.05) is 19.9 Å². The number of para-hydroxylation sites is 1. The molecule has 1 amide bonds. The molecule has 0 spiro atoms. The van der Waals surface area contributed by atoms with Crippen molar-refractivity contribution in [3.05, 3.63) is 40.4 Å². The first-order chi connectivity index (χ1) is 12.4. The lowest BCUT2D eigenvalue weighted by Gasteiger charge is -2.32. The summed E-state index contributed by atoms with van der Waals surface area (Å²) in [6.07, 6.45) is 0. The molecule has 1 aromatic carbocycles. The third-order valence-corrected chi connectivity index (χ3v) is 5.77. The van der Waals surface area contributed by atoms with E-state index in [1.165, 1.54) is 17.4 Å². The zero-order valence-electron chi connectivity index (χ0n) is 15.1. The van der Waals surface area contributed by atoms with Gasteiger partial charge in [0.1, 0.15) is 23.0 Å². The zero-order chi connectivity index (χ0) is 18.8. The summed E-state index contributed by atoms with van der Waals surface area (Å²) in [6.45, 7) is 7.48. The van der Waals surface area contributed by atoms with Gasteiger partial charge in [0, 0.05) is 31.1 Å². The van der Waals surface area contributed by atoms with Gasteiger partial charge in [0.25, 0.3) is 5.91 Å². The highest BCUT2D eigenvalue weighted by Gasteiger charge is 2.25. The number of aromatic nitrogens is 1. The normalized spacial score (nSPS) is 15.5. The fourth-order valence-corrected chi connectivity index (χ4v) is 3.91. The van der Waals surface area contributed by atoms with Crippen LogP contribution in [0.3, 0.4) is 0 Å². The van der Waals surface area contributed by atoms with Crippen molar-refractivity contribution in [1.29, 1.82) is 0 Å². The number of anilines is 2. The molecule has 0 unspecified atom stereocenters. The van der Waals surface area contributed by atoms with E-state index in [4.69, 9.17) is 0 Å². The van der Waals surface area contributed by atoms with Crippen LogP contribution in [0.15, 0.2) is 18.2 Å². The number of amides is 1. The topological polar surface area (TPSA) is 48.5 Å². The van der Waals surface area contributed by atoms with Gasteiger partial charge in [-0.25, -0.2) is 13.8 Å². The fourth-order valence-electron chi connectivity index (χ4n) is 2.80. The number of carbonyl (C=O) groups is 1. The van der Waals surface area contributed by atoms with E-state index in [0.29, 0.717) is 0 Å². The Hall–Kier alpha value is -2.06. The molecule has 0 bridgehead atoms. The SMILES string of the molecule is CC(C)c1sc(N2CCN(C)CC2)nc1C(=O)Nc1c(F)cccc1F. The summed E-state index contributed by atoms with van der Waals surface area (Å²) < 4.78 is 27.7. The van der Waals surface area contributed by atoms with Gasteiger partial charge in [-0.2, -0.15) is 0 Å². The van der Waals surface area contributed by atoms with Gasteiger partial charge in [0.2, 0.25) is 0 Å². The van der Waals surface area contributed by atoms with Crippen molar-refractivity contribution in [2.75, 3.05) is 43.4 Å². The number of hydrogen-bond donors (Lipinski definition) is 1. The minimum atomic E-state index is -0.807. The molecular formula is C18H22F2N4OS. The number of carbonyl (C=O) groups excluding carboxylic acids is 1.